The highest BCUT2D eigenvalue weighted by Crippen LogP contribution is 2.43. The second-order valence-electron chi connectivity index (χ2n) is 6.46. The molecule has 0 bridgehead atoms. The number of amides is 2. The van der Waals surface area contributed by atoms with Crippen LogP contribution in [0, 0.1) is 0 Å². The molecular weight excluding hydrogens is 316 g/mol. The molecule has 5 nitrogen and oxygen atoms in total. The van der Waals surface area contributed by atoms with Gasteiger partial charge in [0.25, 0.3) is 11.8 Å². The summed E-state index contributed by atoms with van der Waals surface area (Å²) in [5.41, 5.74) is 6.95. The number of benzene rings is 2. The van der Waals surface area contributed by atoms with Crippen molar-refractivity contribution in [2.24, 2.45) is 5.73 Å². The number of rotatable bonds is 7. The molecule has 2 aromatic rings. The van der Waals surface area contributed by atoms with Gasteiger partial charge in [-0.25, -0.2) is 0 Å². The van der Waals surface area contributed by atoms with E-state index in [2.05, 4.69) is 17.4 Å². The average Bonchev–Trinajstić information content (AvgIpc) is 2.60. The van der Waals surface area contributed by atoms with E-state index in [0.717, 1.165) is 12.8 Å². The summed E-state index contributed by atoms with van der Waals surface area (Å²) >= 11 is 0. The Labute approximate surface area is 147 Å². The summed E-state index contributed by atoms with van der Waals surface area (Å²) < 4.78 is 5.19. The summed E-state index contributed by atoms with van der Waals surface area (Å²) in [5.74, 6) is -0.132. The number of nitrogens with one attached hydrogen (secondary N) is 1. The first-order chi connectivity index (χ1) is 12.1. The molecule has 1 aliphatic carbocycles. The van der Waals surface area contributed by atoms with Gasteiger partial charge in [0.1, 0.15) is 5.75 Å². The first-order valence-electron chi connectivity index (χ1n) is 8.44. The number of nitrogens with two attached hydrogens (primary N) is 1. The zero-order valence-electron chi connectivity index (χ0n) is 14.0. The van der Waals surface area contributed by atoms with Crippen LogP contribution in [0.4, 0.5) is 0 Å². The number of carbonyl (C=O) groups excluding carboxylic acids is 2. The van der Waals surface area contributed by atoms with Crippen LogP contribution in [-0.2, 0) is 10.2 Å². The lowest BCUT2D eigenvalue weighted by Crippen LogP contribution is -2.45. The van der Waals surface area contributed by atoms with E-state index in [1.54, 1.807) is 24.3 Å². The van der Waals surface area contributed by atoms with Gasteiger partial charge in [-0.1, -0.05) is 36.8 Å². The summed E-state index contributed by atoms with van der Waals surface area (Å²) in [6.45, 7) is 0.459. The minimum absolute atomic E-state index is 0.0570. The Morgan fingerprint density at radius 2 is 1.72 bits per heavy atom. The van der Waals surface area contributed by atoms with Crippen LogP contribution in [0.5, 0.6) is 5.75 Å². The van der Waals surface area contributed by atoms with E-state index in [4.69, 9.17) is 10.5 Å². The van der Waals surface area contributed by atoms with Gasteiger partial charge < -0.3 is 15.8 Å². The average molecular weight is 338 g/mol. The fourth-order valence-corrected chi connectivity index (χ4v) is 3.17. The Hall–Kier alpha value is -2.82. The van der Waals surface area contributed by atoms with E-state index in [9.17, 15) is 9.59 Å². The Morgan fingerprint density at radius 3 is 2.28 bits per heavy atom. The highest BCUT2D eigenvalue weighted by atomic mass is 16.5. The third kappa shape index (κ3) is 3.99. The number of primary amides is 1. The monoisotopic (exact) mass is 338 g/mol. The van der Waals surface area contributed by atoms with Crippen LogP contribution in [0.15, 0.2) is 54.6 Å². The highest BCUT2D eigenvalue weighted by Gasteiger charge is 2.38. The van der Waals surface area contributed by atoms with Crippen molar-refractivity contribution in [3.63, 3.8) is 0 Å². The molecule has 1 fully saturated rings. The molecule has 1 aliphatic rings. The first kappa shape index (κ1) is 17.0. The third-order valence-electron chi connectivity index (χ3n) is 4.78. The molecule has 2 aromatic carbocycles. The fourth-order valence-electron chi connectivity index (χ4n) is 3.17. The van der Waals surface area contributed by atoms with E-state index in [-0.39, 0.29) is 17.9 Å². The van der Waals surface area contributed by atoms with Crippen molar-refractivity contribution in [1.82, 2.24) is 5.32 Å². The molecular formula is C20H22N2O3. The first-order valence-corrected chi connectivity index (χ1v) is 8.44. The molecule has 0 atom stereocenters. The van der Waals surface area contributed by atoms with Crippen LogP contribution in [0.1, 0.15) is 35.2 Å². The lowest BCUT2D eigenvalue weighted by Gasteiger charge is -2.42. The van der Waals surface area contributed by atoms with Crippen molar-refractivity contribution < 1.29 is 14.3 Å². The van der Waals surface area contributed by atoms with Gasteiger partial charge in [0.2, 0.25) is 0 Å². The fraction of sp³-hybridized carbons (Fsp3) is 0.300. The molecule has 130 valence electrons. The van der Waals surface area contributed by atoms with Crippen molar-refractivity contribution in [3.05, 3.63) is 65.7 Å². The lowest BCUT2D eigenvalue weighted by molar-refractivity contribution is -0.119. The number of ether oxygens (including phenoxy) is 1. The number of hydrogen-bond acceptors (Lipinski definition) is 3. The van der Waals surface area contributed by atoms with Crippen LogP contribution in [-0.4, -0.2) is 25.0 Å². The van der Waals surface area contributed by atoms with E-state index < -0.39 is 5.91 Å². The maximum atomic E-state index is 12.4. The third-order valence-corrected chi connectivity index (χ3v) is 4.78. The normalized spacial score (nSPS) is 15.0. The molecule has 0 unspecified atom stereocenters. The van der Waals surface area contributed by atoms with Gasteiger partial charge in [0, 0.05) is 17.5 Å². The van der Waals surface area contributed by atoms with Gasteiger partial charge in [0.15, 0.2) is 6.61 Å². The second kappa shape index (κ2) is 7.38. The molecule has 5 heteroatoms. The van der Waals surface area contributed by atoms with Crippen LogP contribution in [0.3, 0.4) is 0 Å². The van der Waals surface area contributed by atoms with Gasteiger partial charge in [-0.15, -0.1) is 0 Å². The topological polar surface area (TPSA) is 81.4 Å². The molecule has 3 N–H and O–H groups in total. The Bertz CT molecular complexity index is 737. The minimum Gasteiger partial charge on any atom is -0.484 e. The Morgan fingerprint density at radius 1 is 1.04 bits per heavy atom. The van der Waals surface area contributed by atoms with E-state index >= 15 is 0 Å². The van der Waals surface area contributed by atoms with E-state index in [0.29, 0.717) is 17.9 Å². The second-order valence-corrected chi connectivity index (χ2v) is 6.46. The van der Waals surface area contributed by atoms with Crippen molar-refractivity contribution in [1.29, 1.82) is 0 Å². The maximum Gasteiger partial charge on any atom is 0.255 e. The Kier molecular flexibility index (Phi) is 5.03. The highest BCUT2D eigenvalue weighted by molar-refractivity contribution is 5.94. The summed E-state index contributed by atoms with van der Waals surface area (Å²) in [4.78, 5) is 23.1. The zero-order chi connectivity index (χ0) is 17.7. The number of hydrogen-bond donors (Lipinski definition) is 2. The maximum absolute atomic E-state index is 12.4. The molecule has 25 heavy (non-hydrogen) atoms. The molecule has 0 aliphatic heterocycles. The molecule has 1 saturated carbocycles. The number of carbonyl (C=O) groups is 2. The van der Waals surface area contributed by atoms with Crippen LogP contribution < -0.4 is 15.8 Å². The van der Waals surface area contributed by atoms with Crippen LogP contribution in [0.2, 0.25) is 0 Å². The van der Waals surface area contributed by atoms with Crippen molar-refractivity contribution in [2.45, 2.75) is 24.7 Å². The van der Waals surface area contributed by atoms with Crippen molar-refractivity contribution in [3.8, 4) is 5.75 Å². The van der Waals surface area contributed by atoms with E-state index in [1.807, 2.05) is 18.2 Å². The summed E-state index contributed by atoms with van der Waals surface area (Å²) in [6, 6.07) is 17.1. The van der Waals surface area contributed by atoms with E-state index in [1.165, 1.54) is 12.0 Å². The smallest absolute Gasteiger partial charge is 0.255 e. The molecule has 0 radical (unpaired) electrons. The van der Waals surface area contributed by atoms with Crippen molar-refractivity contribution in [2.75, 3.05) is 13.2 Å². The predicted octanol–water partition coefficient (Wildman–Crippen LogP) is 2.40. The predicted molar refractivity (Wildman–Crippen MR) is 95.4 cm³/mol. The molecule has 0 saturated heterocycles. The minimum atomic E-state index is -0.534. The van der Waals surface area contributed by atoms with Crippen LogP contribution in [0.25, 0.3) is 0 Å². The summed E-state index contributed by atoms with van der Waals surface area (Å²) in [7, 11) is 0. The zero-order valence-corrected chi connectivity index (χ0v) is 14.0. The van der Waals surface area contributed by atoms with Gasteiger partial charge in [-0.3, -0.25) is 9.59 Å². The molecule has 2 amide bonds. The van der Waals surface area contributed by atoms with Gasteiger partial charge in [-0.2, -0.15) is 0 Å². The lowest BCUT2D eigenvalue weighted by atomic mass is 9.64. The largest absolute Gasteiger partial charge is 0.484 e. The van der Waals surface area contributed by atoms with Gasteiger partial charge >= 0.3 is 0 Å². The quantitative estimate of drug-likeness (QED) is 0.813. The Balaban J connectivity index is 1.59. The standard InChI is InChI=1S/C20H22N2O3/c21-18(23)13-25-17-9-7-15(8-10-17)19(24)22-14-20(11-4-12-20)16-5-2-1-3-6-16/h1-3,5-10H,4,11-14H2,(H2,21,23)(H,22,24). The molecule has 0 heterocycles. The molecule has 3 rings (SSSR count). The van der Waals surface area contributed by atoms with Gasteiger partial charge in [0.05, 0.1) is 0 Å². The molecule has 0 aromatic heterocycles. The summed E-state index contributed by atoms with van der Waals surface area (Å²) in [6.07, 6.45) is 3.38. The van der Waals surface area contributed by atoms with Crippen molar-refractivity contribution >= 4 is 11.8 Å². The summed E-state index contributed by atoms with van der Waals surface area (Å²) in [5, 5.41) is 3.06. The van der Waals surface area contributed by atoms with Crippen LogP contribution >= 0.6 is 0 Å². The molecule has 0 spiro atoms. The van der Waals surface area contributed by atoms with Gasteiger partial charge in [-0.05, 0) is 42.7 Å². The SMILES string of the molecule is NC(=O)COc1ccc(C(=O)NCC2(c3ccccc3)CCC2)cc1.